The summed E-state index contributed by atoms with van der Waals surface area (Å²) in [6, 6.07) is 8.76. The summed E-state index contributed by atoms with van der Waals surface area (Å²) in [6.45, 7) is 7.98. The molecular formula is C19H32ClN. The lowest BCUT2D eigenvalue weighted by atomic mass is 10.0. The summed E-state index contributed by atoms with van der Waals surface area (Å²) in [6.07, 6.45) is 9.15. The molecule has 0 amide bonds. The van der Waals surface area contributed by atoms with E-state index >= 15 is 0 Å². The maximum atomic E-state index is 5.97. The highest BCUT2D eigenvalue weighted by Gasteiger charge is 2.09. The van der Waals surface area contributed by atoms with E-state index in [0.717, 1.165) is 17.5 Å². The zero-order valence-electron chi connectivity index (χ0n) is 14.0. The first-order valence-corrected chi connectivity index (χ1v) is 9.00. The highest BCUT2D eigenvalue weighted by Crippen LogP contribution is 2.20. The minimum atomic E-state index is 0.475. The van der Waals surface area contributed by atoms with Gasteiger partial charge >= 0.3 is 0 Å². The molecule has 21 heavy (non-hydrogen) atoms. The Labute approximate surface area is 136 Å². The molecule has 120 valence electrons. The topological polar surface area (TPSA) is 12.0 Å². The smallest absolute Gasteiger partial charge is 0.0406 e. The van der Waals surface area contributed by atoms with Gasteiger partial charge in [0.05, 0.1) is 0 Å². The molecule has 0 aromatic heterocycles. The second-order valence-corrected chi connectivity index (χ2v) is 6.88. The molecule has 1 aromatic rings. The molecule has 1 N–H and O–H groups in total. The summed E-state index contributed by atoms with van der Waals surface area (Å²) >= 11 is 5.97. The summed E-state index contributed by atoms with van der Waals surface area (Å²) in [4.78, 5) is 0. The molecule has 0 heterocycles. The second kappa shape index (κ2) is 11.1. The Balaban J connectivity index is 2.24. The third-order valence-corrected chi connectivity index (χ3v) is 4.20. The highest BCUT2D eigenvalue weighted by atomic mass is 35.5. The van der Waals surface area contributed by atoms with Crippen LogP contribution in [0, 0.1) is 5.92 Å². The van der Waals surface area contributed by atoms with Gasteiger partial charge in [-0.05, 0) is 43.0 Å². The largest absolute Gasteiger partial charge is 0.310 e. The molecule has 1 aromatic carbocycles. The number of unbranched alkanes of at least 4 members (excludes halogenated alkanes) is 3. The third-order valence-electron chi connectivity index (χ3n) is 3.95. The van der Waals surface area contributed by atoms with Crippen molar-refractivity contribution in [1.82, 2.24) is 5.32 Å². The number of hydrogen-bond donors (Lipinski definition) is 1. The van der Waals surface area contributed by atoms with E-state index in [1.54, 1.807) is 0 Å². The van der Waals surface area contributed by atoms with Crippen LogP contribution in [0.2, 0.25) is 5.02 Å². The molecule has 1 unspecified atom stereocenters. The van der Waals surface area contributed by atoms with Crippen molar-refractivity contribution >= 4 is 11.6 Å². The Morgan fingerprint density at radius 3 is 2.24 bits per heavy atom. The standard InChI is InChI=1S/C19H32ClN/c1-4-9-19(17-11-13-18(20)14-12-17)21-15-8-6-5-7-10-16(2)3/h11-14,16,19,21H,4-10,15H2,1-3H3. The monoisotopic (exact) mass is 309 g/mol. The average Bonchev–Trinajstić information content (AvgIpc) is 2.46. The number of hydrogen-bond acceptors (Lipinski definition) is 1. The van der Waals surface area contributed by atoms with Gasteiger partial charge < -0.3 is 5.32 Å². The maximum Gasteiger partial charge on any atom is 0.0406 e. The Kier molecular flexibility index (Phi) is 9.78. The Morgan fingerprint density at radius 2 is 1.62 bits per heavy atom. The fourth-order valence-electron chi connectivity index (χ4n) is 2.68. The van der Waals surface area contributed by atoms with Gasteiger partial charge in [0.1, 0.15) is 0 Å². The molecule has 0 saturated heterocycles. The number of halogens is 1. The van der Waals surface area contributed by atoms with E-state index < -0.39 is 0 Å². The lowest BCUT2D eigenvalue weighted by molar-refractivity contribution is 0.467. The number of benzene rings is 1. The minimum Gasteiger partial charge on any atom is -0.310 e. The lowest BCUT2D eigenvalue weighted by Gasteiger charge is -2.19. The zero-order chi connectivity index (χ0) is 15.5. The van der Waals surface area contributed by atoms with Gasteiger partial charge in [0.25, 0.3) is 0 Å². The summed E-state index contributed by atoms with van der Waals surface area (Å²) in [5, 5.41) is 4.53. The summed E-state index contributed by atoms with van der Waals surface area (Å²) < 4.78 is 0. The molecule has 1 nitrogen and oxygen atoms in total. The minimum absolute atomic E-state index is 0.475. The van der Waals surface area contributed by atoms with E-state index in [4.69, 9.17) is 11.6 Å². The van der Waals surface area contributed by atoms with Gasteiger partial charge in [-0.1, -0.05) is 76.6 Å². The molecule has 0 spiro atoms. The normalized spacial score (nSPS) is 12.8. The predicted molar refractivity (Wildman–Crippen MR) is 95.0 cm³/mol. The number of rotatable bonds is 11. The Bertz CT molecular complexity index is 358. The van der Waals surface area contributed by atoms with E-state index in [-0.39, 0.29) is 0 Å². The summed E-state index contributed by atoms with van der Waals surface area (Å²) in [5.41, 5.74) is 1.36. The van der Waals surface area contributed by atoms with Crippen molar-refractivity contribution in [2.75, 3.05) is 6.54 Å². The second-order valence-electron chi connectivity index (χ2n) is 6.44. The van der Waals surface area contributed by atoms with Gasteiger partial charge in [-0.15, -0.1) is 0 Å². The third kappa shape index (κ3) is 8.48. The van der Waals surface area contributed by atoms with Crippen LogP contribution in [0.15, 0.2) is 24.3 Å². The van der Waals surface area contributed by atoms with Crippen LogP contribution in [0.25, 0.3) is 0 Å². The van der Waals surface area contributed by atoms with Crippen LogP contribution in [-0.2, 0) is 0 Å². The van der Waals surface area contributed by atoms with Crippen molar-refractivity contribution in [2.45, 2.75) is 71.8 Å². The van der Waals surface area contributed by atoms with E-state index in [1.807, 2.05) is 12.1 Å². The average molecular weight is 310 g/mol. The molecule has 2 heteroatoms. The van der Waals surface area contributed by atoms with Crippen molar-refractivity contribution in [3.05, 3.63) is 34.9 Å². The molecule has 0 radical (unpaired) electrons. The van der Waals surface area contributed by atoms with Gasteiger partial charge in [-0.3, -0.25) is 0 Å². The number of nitrogens with one attached hydrogen (secondary N) is 1. The van der Waals surface area contributed by atoms with Crippen LogP contribution >= 0.6 is 11.6 Å². The molecule has 0 fully saturated rings. The maximum absolute atomic E-state index is 5.97. The predicted octanol–water partition coefficient (Wildman–Crippen LogP) is 6.38. The van der Waals surface area contributed by atoms with Crippen LogP contribution in [0.3, 0.4) is 0 Å². The first kappa shape index (κ1) is 18.5. The van der Waals surface area contributed by atoms with Crippen LogP contribution < -0.4 is 5.32 Å². The van der Waals surface area contributed by atoms with Crippen LogP contribution in [0.4, 0.5) is 0 Å². The molecule has 0 aliphatic carbocycles. The van der Waals surface area contributed by atoms with Gasteiger partial charge in [-0.25, -0.2) is 0 Å². The van der Waals surface area contributed by atoms with Gasteiger partial charge in [0, 0.05) is 11.1 Å². The molecule has 1 rings (SSSR count). The Hall–Kier alpha value is -0.530. The Morgan fingerprint density at radius 1 is 0.952 bits per heavy atom. The fraction of sp³-hybridized carbons (Fsp3) is 0.684. The van der Waals surface area contributed by atoms with E-state index in [9.17, 15) is 0 Å². The van der Waals surface area contributed by atoms with Crippen molar-refractivity contribution < 1.29 is 0 Å². The quantitative estimate of drug-likeness (QED) is 0.468. The first-order chi connectivity index (χ1) is 10.1. The van der Waals surface area contributed by atoms with Crippen LogP contribution in [0.5, 0.6) is 0 Å². The van der Waals surface area contributed by atoms with Gasteiger partial charge in [0.2, 0.25) is 0 Å². The zero-order valence-corrected chi connectivity index (χ0v) is 14.8. The molecular weight excluding hydrogens is 278 g/mol. The molecule has 0 aliphatic rings. The molecule has 0 saturated carbocycles. The lowest BCUT2D eigenvalue weighted by Crippen LogP contribution is -2.22. The van der Waals surface area contributed by atoms with E-state index in [1.165, 1.54) is 50.5 Å². The SMILES string of the molecule is CCCC(NCCCCCCC(C)C)c1ccc(Cl)cc1. The van der Waals surface area contributed by atoms with Crippen LogP contribution in [-0.4, -0.2) is 6.54 Å². The summed E-state index contributed by atoms with van der Waals surface area (Å²) in [7, 11) is 0. The van der Waals surface area contributed by atoms with Crippen molar-refractivity contribution in [2.24, 2.45) is 5.92 Å². The van der Waals surface area contributed by atoms with Crippen molar-refractivity contribution in [3.63, 3.8) is 0 Å². The first-order valence-electron chi connectivity index (χ1n) is 8.62. The van der Waals surface area contributed by atoms with Gasteiger partial charge in [0.15, 0.2) is 0 Å². The van der Waals surface area contributed by atoms with E-state index in [2.05, 4.69) is 38.2 Å². The molecule has 1 atom stereocenters. The molecule has 0 aliphatic heterocycles. The van der Waals surface area contributed by atoms with E-state index in [0.29, 0.717) is 6.04 Å². The van der Waals surface area contributed by atoms with Crippen molar-refractivity contribution in [3.8, 4) is 0 Å². The van der Waals surface area contributed by atoms with Crippen molar-refractivity contribution in [1.29, 1.82) is 0 Å². The fourth-order valence-corrected chi connectivity index (χ4v) is 2.80. The van der Waals surface area contributed by atoms with Crippen LogP contribution in [0.1, 0.15) is 77.3 Å². The molecule has 0 bridgehead atoms. The van der Waals surface area contributed by atoms with Gasteiger partial charge in [-0.2, -0.15) is 0 Å². The summed E-state index contributed by atoms with van der Waals surface area (Å²) in [5.74, 6) is 0.849. The highest BCUT2D eigenvalue weighted by molar-refractivity contribution is 6.30.